The van der Waals surface area contributed by atoms with Crippen LogP contribution in [0.5, 0.6) is 17.2 Å². The Balaban J connectivity index is 2.81. The number of nitrogens with zero attached hydrogens (tertiary/aromatic N) is 2. The van der Waals surface area contributed by atoms with Gasteiger partial charge in [-0.2, -0.15) is 5.26 Å². The van der Waals surface area contributed by atoms with Crippen molar-refractivity contribution in [2.45, 2.75) is 0 Å². The largest absolute Gasteiger partial charge is 0.494 e. The summed E-state index contributed by atoms with van der Waals surface area (Å²) in [6.07, 6.45) is 1.44. The summed E-state index contributed by atoms with van der Waals surface area (Å²) in [5.74, 6) is 0.608. The van der Waals surface area contributed by atoms with Crippen LogP contribution in [0.3, 0.4) is 0 Å². The van der Waals surface area contributed by atoms with Gasteiger partial charge in [0, 0.05) is 18.3 Å². The van der Waals surface area contributed by atoms with Crippen LogP contribution in [0.25, 0.3) is 5.69 Å². The summed E-state index contributed by atoms with van der Waals surface area (Å²) in [6.45, 7) is 0. The summed E-state index contributed by atoms with van der Waals surface area (Å²) >= 11 is 0. The molecule has 0 unspecified atom stereocenters. The van der Waals surface area contributed by atoms with Crippen molar-refractivity contribution in [3.63, 3.8) is 0 Å². The van der Waals surface area contributed by atoms with Crippen LogP contribution in [0, 0.1) is 11.3 Å². The fourth-order valence-corrected chi connectivity index (χ4v) is 2.31. The fraction of sp³-hybridized carbons (Fsp3) is 0.250. The fourth-order valence-electron chi connectivity index (χ4n) is 2.31. The highest BCUT2D eigenvalue weighted by Gasteiger charge is 2.24. The first-order valence-corrected chi connectivity index (χ1v) is 6.81. The van der Waals surface area contributed by atoms with Crippen molar-refractivity contribution in [2.75, 3.05) is 34.2 Å². The lowest BCUT2D eigenvalue weighted by Crippen LogP contribution is -2.12. The number of hydrogen-bond donors (Lipinski definition) is 1. The van der Waals surface area contributed by atoms with E-state index in [1.54, 1.807) is 12.1 Å². The molecule has 1 aromatic carbocycles. The molecule has 0 amide bonds. The minimum Gasteiger partial charge on any atom is -0.494 e. The molecule has 0 atom stereocenters. The normalized spacial score (nSPS) is 9.96. The molecule has 0 aliphatic rings. The molecule has 2 aromatic rings. The predicted molar refractivity (Wildman–Crippen MR) is 85.9 cm³/mol. The predicted octanol–water partition coefficient (Wildman–Crippen LogP) is 1.74. The molecule has 2 rings (SSSR count). The molecule has 0 aliphatic carbocycles. The lowest BCUT2D eigenvalue weighted by atomic mass is 10.2. The van der Waals surface area contributed by atoms with Gasteiger partial charge in [0.05, 0.1) is 45.4 Å². The van der Waals surface area contributed by atoms with Crippen LogP contribution in [-0.2, 0) is 4.74 Å². The van der Waals surface area contributed by atoms with Crippen LogP contribution in [0.4, 0.5) is 5.69 Å². The third-order valence-electron chi connectivity index (χ3n) is 3.49. The number of hydrogen-bond acceptors (Lipinski definition) is 7. The standard InChI is InChI=1S/C16H17N3O5/c1-21-11-6-13(23-3)12(22-2)5-10(11)19-8-9(7-17)14(18)15(19)16(20)24-4/h5-6,8H,18H2,1-4H3. The number of anilines is 1. The Bertz CT molecular complexity index is 820. The third kappa shape index (κ3) is 2.67. The average Bonchev–Trinajstić information content (AvgIpc) is 2.95. The topological polar surface area (TPSA) is 109 Å². The molecule has 8 heteroatoms. The minimum atomic E-state index is -0.675. The van der Waals surface area contributed by atoms with Crippen molar-refractivity contribution < 1.29 is 23.7 Å². The first kappa shape index (κ1) is 17.0. The number of carbonyl (C=O) groups excluding carboxylic acids is 1. The van der Waals surface area contributed by atoms with E-state index in [1.807, 2.05) is 6.07 Å². The quantitative estimate of drug-likeness (QED) is 0.831. The highest BCUT2D eigenvalue weighted by atomic mass is 16.5. The Morgan fingerprint density at radius 1 is 1.08 bits per heavy atom. The summed E-state index contributed by atoms with van der Waals surface area (Å²) in [5, 5.41) is 9.20. The van der Waals surface area contributed by atoms with Crippen molar-refractivity contribution in [1.29, 1.82) is 5.26 Å². The van der Waals surface area contributed by atoms with Gasteiger partial charge >= 0.3 is 5.97 Å². The van der Waals surface area contributed by atoms with E-state index < -0.39 is 5.97 Å². The van der Waals surface area contributed by atoms with Gasteiger partial charge in [-0.3, -0.25) is 0 Å². The average molecular weight is 331 g/mol. The van der Waals surface area contributed by atoms with Crippen LogP contribution in [0.1, 0.15) is 16.1 Å². The first-order valence-electron chi connectivity index (χ1n) is 6.81. The van der Waals surface area contributed by atoms with Gasteiger partial charge in [-0.1, -0.05) is 0 Å². The van der Waals surface area contributed by atoms with E-state index in [2.05, 4.69) is 0 Å². The maximum atomic E-state index is 12.1. The number of nitriles is 1. The highest BCUT2D eigenvalue weighted by molar-refractivity contribution is 5.96. The number of esters is 1. The van der Waals surface area contributed by atoms with Gasteiger partial charge in [-0.15, -0.1) is 0 Å². The number of nitrogen functional groups attached to an aromatic ring is 1. The van der Waals surface area contributed by atoms with Crippen LogP contribution < -0.4 is 19.9 Å². The zero-order valence-electron chi connectivity index (χ0n) is 13.7. The molecule has 0 radical (unpaired) electrons. The summed E-state index contributed by atoms with van der Waals surface area (Å²) in [6, 6.07) is 5.17. The van der Waals surface area contributed by atoms with Gasteiger partial charge in [-0.25, -0.2) is 4.79 Å². The summed E-state index contributed by atoms with van der Waals surface area (Å²) in [4.78, 5) is 12.1. The second-order valence-electron chi connectivity index (χ2n) is 4.66. The number of methoxy groups -OCH3 is 4. The van der Waals surface area contributed by atoms with E-state index in [9.17, 15) is 10.1 Å². The Labute approximate surface area is 138 Å². The van der Waals surface area contributed by atoms with E-state index in [4.69, 9.17) is 24.7 Å². The molecule has 24 heavy (non-hydrogen) atoms. The van der Waals surface area contributed by atoms with Crippen molar-refractivity contribution in [2.24, 2.45) is 0 Å². The van der Waals surface area contributed by atoms with Crippen molar-refractivity contribution >= 4 is 11.7 Å². The number of aromatic nitrogens is 1. The molecule has 0 saturated carbocycles. The maximum absolute atomic E-state index is 12.1. The molecule has 0 aliphatic heterocycles. The van der Waals surface area contributed by atoms with Crippen molar-refractivity contribution in [3.8, 4) is 29.0 Å². The van der Waals surface area contributed by atoms with Crippen molar-refractivity contribution in [1.82, 2.24) is 4.57 Å². The molecule has 0 bridgehead atoms. The molecule has 8 nitrogen and oxygen atoms in total. The number of carbonyl (C=O) groups is 1. The Kier molecular flexibility index (Phi) is 4.84. The van der Waals surface area contributed by atoms with Gasteiger partial charge in [-0.05, 0) is 0 Å². The summed E-state index contributed by atoms with van der Waals surface area (Å²) < 4.78 is 22.1. The van der Waals surface area contributed by atoms with Gasteiger partial charge in [0.1, 0.15) is 11.8 Å². The Morgan fingerprint density at radius 2 is 1.67 bits per heavy atom. The Hall–Kier alpha value is -3.34. The monoisotopic (exact) mass is 331 g/mol. The molecule has 2 N–H and O–H groups in total. The molecule has 126 valence electrons. The van der Waals surface area contributed by atoms with Crippen molar-refractivity contribution in [3.05, 3.63) is 29.6 Å². The van der Waals surface area contributed by atoms with E-state index in [0.29, 0.717) is 22.9 Å². The third-order valence-corrected chi connectivity index (χ3v) is 3.49. The minimum absolute atomic E-state index is 0.0274. The SMILES string of the molecule is COC(=O)c1c(N)c(C#N)cn1-c1cc(OC)c(OC)cc1OC. The molecule has 1 aromatic heterocycles. The lowest BCUT2D eigenvalue weighted by Gasteiger charge is -2.16. The van der Waals surface area contributed by atoms with Gasteiger partial charge in [0.15, 0.2) is 17.2 Å². The van der Waals surface area contributed by atoms with Crippen LogP contribution in [0.15, 0.2) is 18.3 Å². The number of benzene rings is 1. The van der Waals surface area contributed by atoms with E-state index in [0.717, 1.165) is 0 Å². The van der Waals surface area contributed by atoms with Crippen LogP contribution >= 0.6 is 0 Å². The lowest BCUT2D eigenvalue weighted by molar-refractivity contribution is 0.0593. The molecule has 0 fully saturated rings. The van der Waals surface area contributed by atoms with Gasteiger partial charge in [0.2, 0.25) is 0 Å². The first-order chi connectivity index (χ1) is 11.5. The molecular formula is C16H17N3O5. The maximum Gasteiger partial charge on any atom is 0.357 e. The Morgan fingerprint density at radius 3 is 2.17 bits per heavy atom. The highest BCUT2D eigenvalue weighted by Crippen LogP contribution is 2.38. The molecule has 1 heterocycles. The number of ether oxygens (including phenoxy) is 4. The smallest absolute Gasteiger partial charge is 0.357 e. The zero-order chi connectivity index (χ0) is 17.9. The summed E-state index contributed by atoms with van der Waals surface area (Å²) in [5.41, 5.74) is 6.56. The summed E-state index contributed by atoms with van der Waals surface area (Å²) in [7, 11) is 5.69. The van der Waals surface area contributed by atoms with Gasteiger partial charge < -0.3 is 29.2 Å². The van der Waals surface area contributed by atoms with E-state index in [-0.39, 0.29) is 16.9 Å². The second-order valence-corrected chi connectivity index (χ2v) is 4.66. The van der Waals surface area contributed by atoms with Gasteiger partial charge in [0.25, 0.3) is 0 Å². The van der Waals surface area contributed by atoms with E-state index >= 15 is 0 Å². The molecular weight excluding hydrogens is 314 g/mol. The van der Waals surface area contributed by atoms with Crippen LogP contribution in [-0.4, -0.2) is 39.0 Å². The number of nitrogens with two attached hydrogens (primary N) is 1. The second kappa shape index (κ2) is 6.83. The molecule has 0 spiro atoms. The number of rotatable bonds is 5. The zero-order valence-corrected chi connectivity index (χ0v) is 13.7. The van der Waals surface area contributed by atoms with E-state index in [1.165, 1.54) is 39.2 Å². The molecule has 0 saturated heterocycles. The van der Waals surface area contributed by atoms with Crippen LogP contribution in [0.2, 0.25) is 0 Å².